The van der Waals surface area contributed by atoms with Gasteiger partial charge in [-0.1, -0.05) is 6.07 Å². The van der Waals surface area contributed by atoms with Gasteiger partial charge in [0.05, 0.1) is 15.5 Å². The molecule has 100 valence electrons. The summed E-state index contributed by atoms with van der Waals surface area (Å²) in [6.07, 6.45) is 2.81. The fourth-order valence-corrected chi connectivity index (χ4v) is 2.45. The van der Waals surface area contributed by atoms with E-state index in [0.29, 0.717) is 23.5 Å². The Labute approximate surface area is 120 Å². The van der Waals surface area contributed by atoms with Gasteiger partial charge in [-0.3, -0.25) is 15.0 Å². The summed E-state index contributed by atoms with van der Waals surface area (Å²) in [5, 5.41) is 19.6. The van der Waals surface area contributed by atoms with Crippen LogP contribution in [0, 0.1) is 21.4 Å². The molecule has 0 atom stereocenters. The SMILES string of the molecule is N#CCCN(Cc1ccc(Br)c([N+](=O)[O-])c1)C1CC1. The van der Waals surface area contributed by atoms with Crippen molar-refractivity contribution in [3.05, 3.63) is 38.3 Å². The molecule has 1 aromatic carbocycles. The van der Waals surface area contributed by atoms with Gasteiger partial charge in [-0.2, -0.15) is 5.26 Å². The van der Waals surface area contributed by atoms with Crippen LogP contribution in [0.3, 0.4) is 0 Å². The van der Waals surface area contributed by atoms with E-state index in [2.05, 4.69) is 26.9 Å². The largest absolute Gasteiger partial charge is 0.295 e. The first-order valence-electron chi connectivity index (χ1n) is 6.15. The maximum Gasteiger partial charge on any atom is 0.283 e. The summed E-state index contributed by atoms with van der Waals surface area (Å²) in [4.78, 5) is 12.7. The molecule has 0 unspecified atom stereocenters. The van der Waals surface area contributed by atoms with Crippen molar-refractivity contribution in [2.75, 3.05) is 6.54 Å². The lowest BCUT2D eigenvalue weighted by Crippen LogP contribution is -2.26. The van der Waals surface area contributed by atoms with Gasteiger partial charge < -0.3 is 0 Å². The number of halogens is 1. The van der Waals surface area contributed by atoms with Crippen LogP contribution >= 0.6 is 15.9 Å². The van der Waals surface area contributed by atoms with Crippen LogP contribution in [0.25, 0.3) is 0 Å². The standard InChI is InChI=1S/C13H14BrN3O2/c14-12-5-2-10(8-13(12)17(18)19)9-16(7-1-6-15)11-3-4-11/h2,5,8,11H,1,3-4,7,9H2. The lowest BCUT2D eigenvalue weighted by Gasteiger charge is -2.20. The third-order valence-corrected chi connectivity index (χ3v) is 3.84. The Bertz CT molecular complexity index is 523. The van der Waals surface area contributed by atoms with E-state index < -0.39 is 0 Å². The number of hydrogen-bond acceptors (Lipinski definition) is 4. The first kappa shape index (κ1) is 14.0. The monoisotopic (exact) mass is 323 g/mol. The zero-order chi connectivity index (χ0) is 13.8. The minimum Gasteiger partial charge on any atom is -0.295 e. The number of nitriles is 1. The minimum atomic E-state index is -0.385. The zero-order valence-corrected chi connectivity index (χ0v) is 12.0. The van der Waals surface area contributed by atoms with Crippen molar-refractivity contribution in [3.8, 4) is 6.07 Å². The predicted molar refractivity (Wildman–Crippen MR) is 74.5 cm³/mol. The normalized spacial score (nSPS) is 14.4. The smallest absolute Gasteiger partial charge is 0.283 e. The van der Waals surface area contributed by atoms with Crippen LogP contribution < -0.4 is 0 Å². The number of nitro groups is 1. The van der Waals surface area contributed by atoms with E-state index >= 15 is 0 Å². The van der Waals surface area contributed by atoms with Crippen LogP contribution in [-0.4, -0.2) is 22.4 Å². The second-order valence-electron chi connectivity index (χ2n) is 4.65. The highest BCUT2D eigenvalue weighted by molar-refractivity contribution is 9.10. The molecule has 1 fully saturated rings. The molecule has 1 aliphatic carbocycles. The van der Waals surface area contributed by atoms with E-state index in [1.807, 2.05) is 6.07 Å². The number of nitrogens with zero attached hydrogens (tertiary/aromatic N) is 3. The first-order valence-corrected chi connectivity index (χ1v) is 6.95. The van der Waals surface area contributed by atoms with Crippen LogP contribution in [0.4, 0.5) is 5.69 Å². The molecule has 5 nitrogen and oxygen atoms in total. The van der Waals surface area contributed by atoms with Crippen molar-refractivity contribution < 1.29 is 4.92 Å². The van der Waals surface area contributed by atoms with E-state index in [-0.39, 0.29) is 10.6 Å². The third kappa shape index (κ3) is 3.75. The Hall–Kier alpha value is -1.45. The Kier molecular flexibility index (Phi) is 4.51. The Morgan fingerprint density at radius 3 is 2.84 bits per heavy atom. The molecule has 2 rings (SSSR count). The van der Waals surface area contributed by atoms with Crippen molar-refractivity contribution in [2.45, 2.75) is 31.8 Å². The summed E-state index contributed by atoms with van der Waals surface area (Å²) >= 11 is 3.18. The molecule has 0 aliphatic heterocycles. The molecule has 19 heavy (non-hydrogen) atoms. The quantitative estimate of drug-likeness (QED) is 0.595. The summed E-state index contributed by atoms with van der Waals surface area (Å²) in [7, 11) is 0. The van der Waals surface area contributed by atoms with Crippen molar-refractivity contribution in [1.29, 1.82) is 5.26 Å². The van der Waals surface area contributed by atoms with Gasteiger partial charge in [-0.05, 0) is 40.4 Å². The molecule has 0 radical (unpaired) electrons. The minimum absolute atomic E-state index is 0.0912. The molecule has 1 aromatic rings. The summed E-state index contributed by atoms with van der Waals surface area (Å²) < 4.78 is 0.497. The van der Waals surface area contributed by atoms with Gasteiger partial charge in [0, 0.05) is 31.6 Å². The molecule has 0 saturated heterocycles. The predicted octanol–water partition coefficient (Wildman–Crippen LogP) is 3.24. The van der Waals surface area contributed by atoms with E-state index in [1.165, 1.54) is 0 Å². The third-order valence-electron chi connectivity index (χ3n) is 3.17. The molecule has 1 saturated carbocycles. The van der Waals surface area contributed by atoms with Crippen LogP contribution in [0.1, 0.15) is 24.8 Å². The first-order chi connectivity index (χ1) is 9.11. The number of nitro benzene ring substituents is 1. The van der Waals surface area contributed by atoms with Crippen LogP contribution in [0.2, 0.25) is 0 Å². The fourth-order valence-electron chi connectivity index (χ4n) is 2.06. The van der Waals surface area contributed by atoms with Crippen LogP contribution in [0.5, 0.6) is 0 Å². The molecule has 1 aliphatic rings. The van der Waals surface area contributed by atoms with E-state index in [0.717, 1.165) is 24.9 Å². The molecule has 0 heterocycles. The van der Waals surface area contributed by atoms with Gasteiger partial charge in [0.25, 0.3) is 5.69 Å². The molecular formula is C13H14BrN3O2. The van der Waals surface area contributed by atoms with E-state index in [4.69, 9.17) is 5.26 Å². The van der Waals surface area contributed by atoms with Gasteiger partial charge in [0.2, 0.25) is 0 Å². The number of hydrogen-bond donors (Lipinski definition) is 0. The zero-order valence-electron chi connectivity index (χ0n) is 10.4. The van der Waals surface area contributed by atoms with E-state index in [9.17, 15) is 10.1 Å². The fraction of sp³-hybridized carbons (Fsp3) is 0.462. The van der Waals surface area contributed by atoms with Crippen molar-refractivity contribution in [2.24, 2.45) is 0 Å². The Morgan fingerprint density at radius 2 is 2.26 bits per heavy atom. The molecular weight excluding hydrogens is 310 g/mol. The molecule has 0 aromatic heterocycles. The molecule has 0 amide bonds. The lowest BCUT2D eigenvalue weighted by atomic mass is 10.2. The van der Waals surface area contributed by atoms with Gasteiger partial charge in [0.1, 0.15) is 0 Å². The second-order valence-corrected chi connectivity index (χ2v) is 5.51. The highest BCUT2D eigenvalue weighted by Crippen LogP contribution is 2.30. The summed E-state index contributed by atoms with van der Waals surface area (Å²) in [6.45, 7) is 1.39. The molecule has 0 N–H and O–H groups in total. The van der Waals surface area contributed by atoms with Gasteiger partial charge in [0.15, 0.2) is 0 Å². The van der Waals surface area contributed by atoms with Gasteiger partial charge in [-0.15, -0.1) is 0 Å². The summed E-state index contributed by atoms with van der Waals surface area (Å²) in [5.41, 5.74) is 1.01. The van der Waals surface area contributed by atoms with Crippen LogP contribution in [-0.2, 0) is 6.54 Å². The maximum atomic E-state index is 10.9. The van der Waals surface area contributed by atoms with Crippen molar-refractivity contribution in [3.63, 3.8) is 0 Å². The summed E-state index contributed by atoms with van der Waals surface area (Å²) in [6, 6.07) is 7.89. The number of benzene rings is 1. The van der Waals surface area contributed by atoms with Gasteiger partial charge >= 0.3 is 0 Å². The average Bonchev–Trinajstić information content (AvgIpc) is 3.20. The Balaban J connectivity index is 2.10. The summed E-state index contributed by atoms with van der Waals surface area (Å²) in [5.74, 6) is 0. The second kappa shape index (κ2) is 6.13. The topological polar surface area (TPSA) is 70.2 Å². The highest BCUT2D eigenvalue weighted by atomic mass is 79.9. The Morgan fingerprint density at radius 1 is 1.53 bits per heavy atom. The highest BCUT2D eigenvalue weighted by Gasteiger charge is 2.28. The van der Waals surface area contributed by atoms with Crippen molar-refractivity contribution in [1.82, 2.24) is 4.90 Å². The van der Waals surface area contributed by atoms with Crippen molar-refractivity contribution >= 4 is 21.6 Å². The molecule has 0 spiro atoms. The number of rotatable bonds is 6. The van der Waals surface area contributed by atoms with E-state index in [1.54, 1.807) is 12.1 Å². The molecule has 0 bridgehead atoms. The molecule has 6 heteroatoms. The van der Waals surface area contributed by atoms with Crippen LogP contribution in [0.15, 0.2) is 22.7 Å². The average molecular weight is 324 g/mol. The maximum absolute atomic E-state index is 10.9. The lowest BCUT2D eigenvalue weighted by molar-refractivity contribution is -0.385. The van der Waals surface area contributed by atoms with Gasteiger partial charge in [-0.25, -0.2) is 0 Å².